The fraction of sp³-hybridized carbons (Fsp3) is 0.143. The molecule has 4 heteroatoms. The van der Waals surface area contributed by atoms with E-state index in [0.717, 1.165) is 15.7 Å². The molecular formula is C14H11NO2S. The summed E-state index contributed by atoms with van der Waals surface area (Å²) in [4.78, 5) is 26.2. The van der Waals surface area contributed by atoms with Gasteiger partial charge in [0.05, 0.1) is 11.3 Å². The smallest absolute Gasteiger partial charge is 0.265 e. The standard InChI is InChI=1S/C14H11NO2S/c1-8(16)15-11-6-7-12(18-2)9-4-3-5-10(13(9)11)14(15)17/h3-7H,1-2H3. The van der Waals surface area contributed by atoms with Gasteiger partial charge in [0.2, 0.25) is 5.91 Å². The Balaban J connectivity index is 2.42. The van der Waals surface area contributed by atoms with Gasteiger partial charge in [0.15, 0.2) is 0 Å². The van der Waals surface area contributed by atoms with Gasteiger partial charge in [-0.1, -0.05) is 12.1 Å². The molecule has 0 fully saturated rings. The first-order valence-electron chi connectivity index (χ1n) is 5.60. The Bertz CT molecular complexity index is 693. The number of anilines is 1. The SMILES string of the molecule is CSc1ccc2c3c(cccc13)C(=O)N2C(C)=O. The summed E-state index contributed by atoms with van der Waals surface area (Å²) < 4.78 is 0. The molecular weight excluding hydrogens is 246 g/mol. The van der Waals surface area contributed by atoms with Crippen LogP contribution >= 0.6 is 11.8 Å². The number of hydrogen-bond donors (Lipinski definition) is 0. The van der Waals surface area contributed by atoms with Gasteiger partial charge in [-0.05, 0) is 29.8 Å². The van der Waals surface area contributed by atoms with E-state index in [0.29, 0.717) is 11.3 Å². The Labute approximate surface area is 109 Å². The molecule has 0 unspecified atom stereocenters. The lowest BCUT2D eigenvalue weighted by Gasteiger charge is -2.13. The average molecular weight is 257 g/mol. The second-order valence-electron chi connectivity index (χ2n) is 4.17. The van der Waals surface area contributed by atoms with E-state index in [9.17, 15) is 9.59 Å². The van der Waals surface area contributed by atoms with Gasteiger partial charge in [-0.2, -0.15) is 0 Å². The molecule has 90 valence electrons. The summed E-state index contributed by atoms with van der Waals surface area (Å²) in [5.41, 5.74) is 1.32. The van der Waals surface area contributed by atoms with Crippen LogP contribution in [0.3, 0.4) is 0 Å². The molecule has 0 aromatic heterocycles. The molecule has 2 aromatic rings. The fourth-order valence-electron chi connectivity index (χ4n) is 2.45. The van der Waals surface area contributed by atoms with Gasteiger partial charge in [0, 0.05) is 17.2 Å². The van der Waals surface area contributed by atoms with Gasteiger partial charge in [-0.25, -0.2) is 4.90 Å². The van der Waals surface area contributed by atoms with Crippen molar-refractivity contribution in [2.45, 2.75) is 11.8 Å². The summed E-state index contributed by atoms with van der Waals surface area (Å²) in [6.45, 7) is 1.41. The lowest BCUT2D eigenvalue weighted by atomic mass is 10.1. The maximum absolute atomic E-state index is 12.2. The van der Waals surface area contributed by atoms with Crippen molar-refractivity contribution in [1.82, 2.24) is 0 Å². The molecule has 1 heterocycles. The predicted octanol–water partition coefficient (Wildman–Crippen LogP) is 3.07. The molecule has 0 saturated carbocycles. The zero-order valence-electron chi connectivity index (χ0n) is 10.1. The van der Waals surface area contributed by atoms with Crippen molar-refractivity contribution in [3.05, 3.63) is 35.9 Å². The number of rotatable bonds is 1. The van der Waals surface area contributed by atoms with Crippen LogP contribution in [0.2, 0.25) is 0 Å². The van der Waals surface area contributed by atoms with Gasteiger partial charge in [0.1, 0.15) is 0 Å². The van der Waals surface area contributed by atoms with Crippen molar-refractivity contribution < 1.29 is 9.59 Å². The van der Waals surface area contributed by atoms with Crippen molar-refractivity contribution in [1.29, 1.82) is 0 Å². The zero-order chi connectivity index (χ0) is 12.9. The van der Waals surface area contributed by atoms with Crippen molar-refractivity contribution >= 4 is 40.0 Å². The van der Waals surface area contributed by atoms with Crippen molar-refractivity contribution in [2.75, 3.05) is 11.2 Å². The molecule has 3 nitrogen and oxygen atoms in total. The second-order valence-corrected chi connectivity index (χ2v) is 5.02. The minimum Gasteiger partial charge on any atom is -0.274 e. The van der Waals surface area contributed by atoms with Crippen molar-refractivity contribution in [3.8, 4) is 0 Å². The van der Waals surface area contributed by atoms with Crippen LogP contribution in [-0.2, 0) is 4.79 Å². The van der Waals surface area contributed by atoms with Crippen LogP contribution in [-0.4, -0.2) is 18.1 Å². The Hall–Kier alpha value is -1.81. The molecule has 0 radical (unpaired) electrons. The highest BCUT2D eigenvalue weighted by atomic mass is 32.2. The van der Waals surface area contributed by atoms with E-state index < -0.39 is 0 Å². The lowest BCUT2D eigenvalue weighted by Crippen LogP contribution is -2.31. The number of benzene rings is 2. The Morgan fingerprint density at radius 2 is 2.00 bits per heavy atom. The summed E-state index contributed by atoms with van der Waals surface area (Å²) in [6, 6.07) is 9.44. The van der Waals surface area contributed by atoms with Crippen LogP contribution in [0.1, 0.15) is 17.3 Å². The summed E-state index contributed by atoms with van der Waals surface area (Å²) in [5, 5.41) is 1.93. The highest BCUT2D eigenvalue weighted by Crippen LogP contribution is 2.40. The van der Waals surface area contributed by atoms with Crippen LogP contribution in [0.5, 0.6) is 0 Å². The van der Waals surface area contributed by atoms with Crippen molar-refractivity contribution in [3.63, 3.8) is 0 Å². The maximum Gasteiger partial charge on any atom is 0.265 e. The third kappa shape index (κ3) is 1.32. The van der Waals surface area contributed by atoms with Crippen LogP contribution < -0.4 is 4.90 Å². The van der Waals surface area contributed by atoms with Crippen LogP contribution in [0.15, 0.2) is 35.2 Å². The van der Waals surface area contributed by atoms with E-state index in [1.54, 1.807) is 17.8 Å². The number of nitrogens with zero attached hydrogens (tertiary/aromatic N) is 1. The van der Waals surface area contributed by atoms with Crippen LogP contribution in [0, 0.1) is 0 Å². The average Bonchev–Trinajstić information content (AvgIpc) is 2.65. The second kappa shape index (κ2) is 3.85. The molecule has 0 N–H and O–H groups in total. The third-order valence-corrected chi connectivity index (χ3v) is 3.98. The van der Waals surface area contributed by atoms with E-state index in [1.807, 2.05) is 30.5 Å². The first-order valence-corrected chi connectivity index (χ1v) is 6.82. The topological polar surface area (TPSA) is 37.4 Å². The molecule has 0 aliphatic carbocycles. The third-order valence-electron chi connectivity index (χ3n) is 3.19. The zero-order valence-corrected chi connectivity index (χ0v) is 10.9. The van der Waals surface area contributed by atoms with E-state index in [2.05, 4.69) is 0 Å². The Kier molecular flexibility index (Phi) is 2.41. The summed E-state index contributed by atoms with van der Waals surface area (Å²) in [6.07, 6.45) is 2.00. The number of imide groups is 1. The molecule has 1 aliphatic rings. The minimum absolute atomic E-state index is 0.221. The normalized spacial score (nSPS) is 13.4. The largest absolute Gasteiger partial charge is 0.274 e. The molecule has 0 spiro atoms. The monoisotopic (exact) mass is 257 g/mol. The number of carbonyl (C=O) groups excluding carboxylic acids is 2. The Morgan fingerprint density at radius 3 is 2.67 bits per heavy atom. The maximum atomic E-state index is 12.2. The van der Waals surface area contributed by atoms with Gasteiger partial charge < -0.3 is 0 Å². The number of carbonyl (C=O) groups is 2. The highest BCUT2D eigenvalue weighted by molar-refractivity contribution is 7.98. The van der Waals surface area contributed by atoms with Crippen LogP contribution in [0.25, 0.3) is 10.8 Å². The predicted molar refractivity (Wildman–Crippen MR) is 73.2 cm³/mol. The number of amides is 2. The molecule has 3 rings (SSSR count). The molecule has 18 heavy (non-hydrogen) atoms. The lowest BCUT2D eigenvalue weighted by molar-refractivity contribution is -0.115. The van der Waals surface area contributed by atoms with Crippen LogP contribution in [0.4, 0.5) is 5.69 Å². The van der Waals surface area contributed by atoms with Crippen molar-refractivity contribution in [2.24, 2.45) is 0 Å². The van der Waals surface area contributed by atoms with E-state index in [1.165, 1.54) is 11.8 Å². The van der Waals surface area contributed by atoms with Gasteiger partial charge >= 0.3 is 0 Å². The summed E-state index contributed by atoms with van der Waals surface area (Å²) in [7, 11) is 0. The molecule has 2 aromatic carbocycles. The summed E-state index contributed by atoms with van der Waals surface area (Å²) in [5.74, 6) is -0.462. The first-order chi connectivity index (χ1) is 8.65. The highest BCUT2D eigenvalue weighted by Gasteiger charge is 2.32. The molecule has 1 aliphatic heterocycles. The quantitative estimate of drug-likeness (QED) is 0.737. The minimum atomic E-state index is -0.241. The Morgan fingerprint density at radius 1 is 1.22 bits per heavy atom. The number of hydrogen-bond acceptors (Lipinski definition) is 3. The van der Waals surface area contributed by atoms with E-state index >= 15 is 0 Å². The molecule has 0 saturated heterocycles. The first kappa shape index (κ1) is 11.3. The molecule has 0 atom stereocenters. The number of thioether (sulfide) groups is 1. The van der Waals surface area contributed by atoms with E-state index in [-0.39, 0.29) is 11.8 Å². The fourth-order valence-corrected chi connectivity index (χ4v) is 3.04. The van der Waals surface area contributed by atoms with E-state index in [4.69, 9.17) is 0 Å². The summed E-state index contributed by atoms with van der Waals surface area (Å²) >= 11 is 1.64. The van der Waals surface area contributed by atoms with Gasteiger partial charge in [-0.15, -0.1) is 11.8 Å². The molecule has 2 amide bonds. The molecule has 0 bridgehead atoms. The van der Waals surface area contributed by atoms with Gasteiger partial charge in [-0.3, -0.25) is 9.59 Å². The van der Waals surface area contributed by atoms with Gasteiger partial charge in [0.25, 0.3) is 5.91 Å².